The Morgan fingerprint density at radius 3 is 2.50 bits per heavy atom. The van der Waals surface area contributed by atoms with E-state index in [1.54, 1.807) is 0 Å². The molecular formula is C16H22BrN. The van der Waals surface area contributed by atoms with Crippen LogP contribution in [-0.2, 0) is 6.54 Å². The molecule has 0 N–H and O–H groups in total. The molecule has 1 aliphatic carbocycles. The first-order valence-corrected chi connectivity index (χ1v) is 8.33. The van der Waals surface area contributed by atoms with Crippen LogP contribution >= 0.6 is 15.9 Å². The molecule has 1 saturated carbocycles. The summed E-state index contributed by atoms with van der Waals surface area (Å²) < 4.78 is 0. The van der Waals surface area contributed by atoms with Gasteiger partial charge in [0.25, 0.3) is 0 Å². The first kappa shape index (κ1) is 12.7. The Hall–Kier alpha value is -0.340. The molecule has 1 saturated heterocycles. The first-order valence-electron chi connectivity index (χ1n) is 7.21. The predicted octanol–water partition coefficient (Wildman–Crippen LogP) is 4.36. The van der Waals surface area contributed by atoms with Crippen LogP contribution in [0.4, 0.5) is 0 Å². The fraction of sp³-hybridized carbons (Fsp3) is 0.625. The normalized spacial score (nSPS) is 27.1. The molecule has 0 radical (unpaired) electrons. The second-order valence-corrected chi connectivity index (χ2v) is 6.56. The van der Waals surface area contributed by atoms with Crippen LogP contribution in [-0.4, -0.2) is 21.8 Å². The van der Waals surface area contributed by atoms with Crippen LogP contribution in [0.2, 0.25) is 0 Å². The van der Waals surface area contributed by atoms with Crippen molar-refractivity contribution in [2.75, 3.05) is 5.33 Å². The summed E-state index contributed by atoms with van der Waals surface area (Å²) in [5.41, 5.74) is 2.01. The first-order chi connectivity index (χ1) is 8.84. The van der Waals surface area contributed by atoms with E-state index in [1.807, 2.05) is 0 Å². The summed E-state index contributed by atoms with van der Waals surface area (Å²) in [5, 5.41) is 1.13. The highest BCUT2D eigenvalue weighted by Crippen LogP contribution is 2.48. The van der Waals surface area contributed by atoms with Gasteiger partial charge in [0.05, 0.1) is 0 Å². The summed E-state index contributed by atoms with van der Waals surface area (Å²) in [7, 11) is 0. The molecule has 18 heavy (non-hydrogen) atoms. The van der Waals surface area contributed by atoms with Gasteiger partial charge >= 0.3 is 0 Å². The lowest BCUT2D eigenvalue weighted by Gasteiger charge is -2.60. The molecule has 1 aliphatic heterocycles. The maximum Gasteiger partial charge on any atom is 0.0242 e. The average Bonchev–Trinajstić information content (AvgIpc) is 2.44. The summed E-state index contributed by atoms with van der Waals surface area (Å²) >= 11 is 3.69. The van der Waals surface area contributed by atoms with Gasteiger partial charge in [-0.05, 0) is 24.8 Å². The van der Waals surface area contributed by atoms with E-state index in [1.165, 1.54) is 44.1 Å². The molecule has 1 aromatic carbocycles. The summed E-state index contributed by atoms with van der Waals surface area (Å²) in [5.74, 6) is 0. The van der Waals surface area contributed by atoms with Crippen molar-refractivity contribution in [3.63, 3.8) is 0 Å². The van der Waals surface area contributed by atoms with E-state index < -0.39 is 0 Å². The number of halogens is 1. The highest BCUT2D eigenvalue weighted by atomic mass is 79.9. The largest absolute Gasteiger partial charge is 0.290 e. The number of rotatable bonds is 3. The fourth-order valence-electron chi connectivity index (χ4n) is 3.86. The zero-order valence-electron chi connectivity index (χ0n) is 10.9. The van der Waals surface area contributed by atoms with Crippen LogP contribution in [0.25, 0.3) is 0 Å². The molecule has 98 valence electrons. The second-order valence-electron chi connectivity index (χ2n) is 5.91. The minimum atomic E-state index is 0.548. The SMILES string of the molecule is BrCC1CC2(CCCCC2)N1Cc1ccccc1. The quantitative estimate of drug-likeness (QED) is 0.750. The van der Waals surface area contributed by atoms with Crippen molar-refractivity contribution in [3.05, 3.63) is 35.9 Å². The van der Waals surface area contributed by atoms with Gasteiger partial charge in [0.2, 0.25) is 0 Å². The Morgan fingerprint density at radius 1 is 1.11 bits per heavy atom. The number of likely N-dealkylation sites (tertiary alicyclic amines) is 1. The van der Waals surface area contributed by atoms with Gasteiger partial charge in [0.1, 0.15) is 0 Å². The Bertz CT molecular complexity index is 383. The lowest BCUT2D eigenvalue weighted by molar-refractivity contribution is -0.0922. The topological polar surface area (TPSA) is 3.24 Å². The van der Waals surface area contributed by atoms with Crippen molar-refractivity contribution in [3.8, 4) is 0 Å². The lowest BCUT2D eigenvalue weighted by Crippen LogP contribution is -2.66. The van der Waals surface area contributed by atoms with Gasteiger partial charge in [-0.25, -0.2) is 0 Å². The number of hydrogen-bond donors (Lipinski definition) is 0. The van der Waals surface area contributed by atoms with Crippen molar-refractivity contribution in [2.45, 2.75) is 56.7 Å². The van der Waals surface area contributed by atoms with Gasteiger partial charge in [0.15, 0.2) is 0 Å². The van der Waals surface area contributed by atoms with Gasteiger partial charge in [-0.1, -0.05) is 65.5 Å². The number of benzene rings is 1. The van der Waals surface area contributed by atoms with Crippen LogP contribution in [0.5, 0.6) is 0 Å². The van der Waals surface area contributed by atoms with E-state index in [4.69, 9.17) is 0 Å². The van der Waals surface area contributed by atoms with Gasteiger partial charge in [-0.3, -0.25) is 4.90 Å². The molecule has 1 spiro atoms. The molecule has 2 heteroatoms. The van der Waals surface area contributed by atoms with Crippen molar-refractivity contribution < 1.29 is 0 Å². The minimum Gasteiger partial charge on any atom is -0.290 e. The van der Waals surface area contributed by atoms with Crippen LogP contribution in [0.15, 0.2) is 30.3 Å². The van der Waals surface area contributed by atoms with Crippen LogP contribution in [0.3, 0.4) is 0 Å². The maximum absolute atomic E-state index is 3.69. The highest BCUT2D eigenvalue weighted by Gasteiger charge is 2.50. The molecule has 2 fully saturated rings. The molecular weight excluding hydrogens is 286 g/mol. The fourth-order valence-corrected chi connectivity index (χ4v) is 4.44. The van der Waals surface area contributed by atoms with E-state index in [0.717, 1.165) is 17.9 Å². The number of alkyl halides is 1. The molecule has 0 amide bonds. The van der Waals surface area contributed by atoms with Crippen LogP contribution in [0.1, 0.15) is 44.1 Å². The van der Waals surface area contributed by atoms with Crippen molar-refractivity contribution in [1.82, 2.24) is 4.90 Å². The van der Waals surface area contributed by atoms with Crippen molar-refractivity contribution in [1.29, 1.82) is 0 Å². The third-order valence-corrected chi connectivity index (χ3v) is 5.57. The number of nitrogens with zero attached hydrogens (tertiary/aromatic N) is 1. The van der Waals surface area contributed by atoms with E-state index in [0.29, 0.717) is 5.54 Å². The van der Waals surface area contributed by atoms with Gasteiger partial charge in [0, 0.05) is 23.5 Å². The summed E-state index contributed by atoms with van der Waals surface area (Å²) in [4.78, 5) is 2.77. The van der Waals surface area contributed by atoms with Crippen molar-refractivity contribution >= 4 is 15.9 Å². The third kappa shape index (κ3) is 2.25. The van der Waals surface area contributed by atoms with Crippen molar-refractivity contribution in [2.24, 2.45) is 0 Å². The van der Waals surface area contributed by atoms with E-state index >= 15 is 0 Å². The Balaban J connectivity index is 1.74. The monoisotopic (exact) mass is 307 g/mol. The molecule has 1 heterocycles. The third-order valence-electron chi connectivity index (χ3n) is 4.82. The number of hydrogen-bond acceptors (Lipinski definition) is 1. The van der Waals surface area contributed by atoms with E-state index in [2.05, 4.69) is 51.2 Å². The lowest BCUT2D eigenvalue weighted by atomic mass is 9.69. The molecule has 0 aromatic heterocycles. The Labute approximate surface area is 119 Å². The molecule has 1 aromatic rings. The van der Waals surface area contributed by atoms with Gasteiger partial charge in [-0.15, -0.1) is 0 Å². The highest BCUT2D eigenvalue weighted by molar-refractivity contribution is 9.09. The predicted molar refractivity (Wildman–Crippen MR) is 80.0 cm³/mol. The minimum absolute atomic E-state index is 0.548. The van der Waals surface area contributed by atoms with E-state index in [-0.39, 0.29) is 0 Å². The molecule has 1 atom stereocenters. The molecule has 2 aliphatic rings. The molecule has 1 unspecified atom stereocenters. The zero-order chi connectivity index (χ0) is 12.4. The zero-order valence-corrected chi connectivity index (χ0v) is 12.5. The average molecular weight is 308 g/mol. The summed E-state index contributed by atoms with van der Waals surface area (Å²) in [6.45, 7) is 1.14. The van der Waals surface area contributed by atoms with Gasteiger partial charge < -0.3 is 0 Å². The molecule has 3 rings (SSSR count). The van der Waals surface area contributed by atoms with Gasteiger partial charge in [-0.2, -0.15) is 0 Å². The Kier molecular flexibility index (Phi) is 3.76. The standard InChI is InChI=1S/C16H22BrN/c17-12-15-11-16(9-5-2-6-10-16)18(15)13-14-7-3-1-4-8-14/h1,3-4,7-8,15H,2,5-6,9-13H2. The smallest absolute Gasteiger partial charge is 0.0242 e. The Morgan fingerprint density at radius 2 is 1.83 bits per heavy atom. The summed E-state index contributed by atoms with van der Waals surface area (Å²) in [6, 6.07) is 11.7. The van der Waals surface area contributed by atoms with Crippen LogP contribution < -0.4 is 0 Å². The van der Waals surface area contributed by atoms with Crippen LogP contribution in [0, 0.1) is 0 Å². The molecule has 0 bridgehead atoms. The molecule has 1 nitrogen and oxygen atoms in total. The van der Waals surface area contributed by atoms with E-state index in [9.17, 15) is 0 Å². The maximum atomic E-state index is 3.69. The summed E-state index contributed by atoms with van der Waals surface area (Å²) in [6.07, 6.45) is 8.55. The second kappa shape index (κ2) is 5.34.